The molecule has 0 aliphatic heterocycles. The summed E-state index contributed by atoms with van der Waals surface area (Å²) < 4.78 is 10.3. The van der Waals surface area contributed by atoms with Crippen LogP contribution in [0.1, 0.15) is 6.92 Å². The molecular formula is C5H12NO6P. The normalized spacial score (nSPS) is 13.9. The zero-order valence-electron chi connectivity index (χ0n) is 6.99. The monoisotopic (exact) mass is 213 g/mol. The summed E-state index contributed by atoms with van der Waals surface area (Å²) in [6.07, 6.45) is -2.22. The van der Waals surface area contributed by atoms with Crippen LogP contribution in [0, 0.1) is 0 Å². The molecule has 1 atom stereocenters. The van der Waals surface area contributed by atoms with Gasteiger partial charge in [-0.2, -0.15) is 0 Å². The Balaban J connectivity index is 3.95. The average Bonchev–Trinajstić information content (AvgIpc) is 1.81. The van der Waals surface area contributed by atoms with E-state index in [0.29, 0.717) is 0 Å². The quantitative estimate of drug-likeness (QED) is 0.263. The molecule has 0 aliphatic carbocycles. The minimum absolute atomic E-state index is 0.195. The predicted octanol–water partition coefficient (Wildman–Crippen LogP) is -1.24. The first kappa shape index (κ1) is 12.5. The molecule has 0 aromatic carbocycles. The van der Waals surface area contributed by atoms with Gasteiger partial charge in [0.05, 0.1) is 18.8 Å². The number of hydroxylamine groups is 2. The fraction of sp³-hybridized carbons (Fsp3) is 0.800. The molecule has 1 unspecified atom stereocenters. The van der Waals surface area contributed by atoms with Crippen LogP contribution in [0.4, 0.5) is 0 Å². The van der Waals surface area contributed by atoms with Gasteiger partial charge in [0, 0.05) is 6.92 Å². The van der Waals surface area contributed by atoms with Gasteiger partial charge >= 0.3 is 7.60 Å². The number of aliphatic hydroxyl groups is 1. The van der Waals surface area contributed by atoms with Crippen molar-refractivity contribution < 1.29 is 29.5 Å². The van der Waals surface area contributed by atoms with Crippen LogP contribution in [0.25, 0.3) is 0 Å². The number of hydrogen-bond donors (Lipinski definition) is 4. The number of rotatable bonds is 4. The minimum Gasteiger partial charge on any atom is -0.391 e. The van der Waals surface area contributed by atoms with Crippen LogP contribution in [-0.4, -0.2) is 49.9 Å². The van der Waals surface area contributed by atoms with Gasteiger partial charge in [0.25, 0.3) is 0 Å². The number of carbonyl (C=O) groups is 1. The van der Waals surface area contributed by atoms with Crippen LogP contribution in [0.15, 0.2) is 0 Å². The number of nitrogens with zero attached hydrogens (tertiary/aromatic N) is 1. The highest BCUT2D eigenvalue weighted by molar-refractivity contribution is 7.51. The van der Waals surface area contributed by atoms with Crippen LogP contribution in [0.2, 0.25) is 0 Å². The van der Waals surface area contributed by atoms with Crippen LogP contribution in [0.3, 0.4) is 0 Å². The largest absolute Gasteiger partial charge is 0.391 e. The number of carbonyl (C=O) groups excluding carboxylic acids is 1. The van der Waals surface area contributed by atoms with Crippen molar-refractivity contribution in [3.05, 3.63) is 0 Å². The second kappa shape index (κ2) is 4.69. The minimum atomic E-state index is -4.31. The molecule has 0 saturated heterocycles. The summed E-state index contributed by atoms with van der Waals surface area (Å²) in [4.78, 5) is 27.2. The van der Waals surface area contributed by atoms with E-state index < -0.39 is 32.3 Å². The van der Waals surface area contributed by atoms with Gasteiger partial charge in [-0.05, 0) is 0 Å². The maximum Gasteiger partial charge on any atom is 0.328 e. The first-order chi connectivity index (χ1) is 5.72. The number of amides is 1. The van der Waals surface area contributed by atoms with Crippen molar-refractivity contribution in [3.8, 4) is 0 Å². The maximum absolute atomic E-state index is 10.4. The molecule has 0 spiro atoms. The van der Waals surface area contributed by atoms with E-state index in [0.717, 1.165) is 6.92 Å². The molecule has 13 heavy (non-hydrogen) atoms. The number of aliphatic hydroxyl groups excluding tert-OH is 1. The first-order valence-electron chi connectivity index (χ1n) is 3.42. The fourth-order valence-electron chi connectivity index (χ4n) is 0.660. The van der Waals surface area contributed by atoms with Gasteiger partial charge < -0.3 is 14.9 Å². The second-order valence-corrected chi connectivity index (χ2v) is 4.30. The van der Waals surface area contributed by atoms with Gasteiger partial charge in [-0.25, -0.2) is 5.06 Å². The third-order valence-electron chi connectivity index (χ3n) is 1.20. The summed E-state index contributed by atoms with van der Waals surface area (Å²) in [6.45, 7) is 0.546. The van der Waals surface area contributed by atoms with Crippen molar-refractivity contribution in [2.24, 2.45) is 0 Å². The molecular weight excluding hydrogens is 201 g/mol. The third-order valence-corrected chi connectivity index (χ3v) is 2.09. The van der Waals surface area contributed by atoms with Gasteiger partial charge in [0.2, 0.25) is 5.91 Å². The lowest BCUT2D eigenvalue weighted by atomic mass is 10.4. The second-order valence-electron chi connectivity index (χ2n) is 2.60. The Morgan fingerprint density at radius 3 is 2.31 bits per heavy atom. The Kier molecular flexibility index (Phi) is 4.52. The topological polar surface area (TPSA) is 118 Å². The summed E-state index contributed by atoms with van der Waals surface area (Å²) in [5, 5.41) is 17.9. The van der Waals surface area contributed by atoms with Crippen molar-refractivity contribution in [3.63, 3.8) is 0 Å². The van der Waals surface area contributed by atoms with E-state index in [4.69, 9.17) is 20.1 Å². The van der Waals surface area contributed by atoms with Gasteiger partial charge in [-0.1, -0.05) is 0 Å². The Hall–Kier alpha value is -0.460. The molecule has 1 amide bonds. The van der Waals surface area contributed by atoms with Crippen molar-refractivity contribution in [2.45, 2.75) is 13.0 Å². The summed E-state index contributed by atoms with van der Waals surface area (Å²) in [6, 6.07) is 0. The van der Waals surface area contributed by atoms with Gasteiger partial charge in [-0.3, -0.25) is 14.6 Å². The number of hydrogen-bond acceptors (Lipinski definition) is 4. The van der Waals surface area contributed by atoms with Gasteiger partial charge in [0.1, 0.15) is 0 Å². The van der Waals surface area contributed by atoms with Crippen LogP contribution in [0.5, 0.6) is 0 Å². The SMILES string of the molecule is CC(=O)N(O)CC(O)CP(=O)(O)O. The van der Waals surface area contributed by atoms with E-state index in [-0.39, 0.29) is 5.06 Å². The highest BCUT2D eigenvalue weighted by atomic mass is 31.2. The molecule has 0 aromatic rings. The lowest BCUT2D eigenvalue weighted by Gasteiger charge is -2.17. The van der Waals surface area contributed by atoms with E-state index in [1.165, 1.54) is 0 Å². The van der Waals surface area contributed by atoms with Crippen molar-refractivity contribution in [2.75, 3.05) is 12.7 Å². The summed E-state index contributed by atoms with van der Waals surface area (Å²) in [5.74, 6) is -0.704. The Morgan fingerprint density at radius 1 is 1.54 bits per heavy atom. The zero-order valence-corrected chi connectivity index (χ0v) is 7.89. The van der Waals surface area contributed by atoms with E-state index in [1.54, 1.807) is 0 Å². The Labute approximate surface area is 74.7 Å². The Bertz CT molecular complexity index is 225. The van der Waals surface area contributed by atoms with E-state index in [1.807, 2.05) is 0 Å². The molecule has 0 aliphatic rings. The fourth-order valence-corrected chi connectivity index (χ4v) is 1.32. The van der Waals surface area contributed by atoms with Gasteiger partial charge in [0.15, 0.2) is 0 Å². The first-order valence-corrected chi connectivity index (χ1v) is 5.22. The van der Waals surface area contributed by atoms with E-state index in [2.05, 4.69) is 0 Å². The standard InChI is InChI=1S/C5H12NO6P/c1-4(7)6(9)2-5(8)3-13(10,11)12/h5,8-9H,2-3H2,1H3,(H2,10,11,12). The maximum atomic E-state index is 10.4. The Morgan fingerprint density at radius 2 is 2.00 bits per heavy atom. The third kappa shape index (κ3) is 6.68. The molecule has 4 N–H and O–H groups in total. The summed E-state index contributed by atoms with van der Waals surface area (Å²) in [7, 11) is -4.31. The molecule has 0 fully saturated rings. The predicted molar refractivity (Wildman–Crippen MR) is 42.1 cm³/mol. The van der Waals surface area contributed by atoms with Crippen LogP contribution < -0.4 is 0 Å². The molecule has 7 nitrogen and oxygen atoms in total. The smallest absolute Gasteiger partial charge is 0.328 e. The summed E-state index contributed by atoms with van der Waals surface area (Å²) in [5.41, 5.74) is 0. The highest BCUT2D eigenvalue weighted by Crippen LogP contribution is 2.34. The lowest BCUT2D eigenvalue weighted by Crippen LogP contribution is -2.34. The van der Waals surface area contributed by atoms with Crippen molar-refractivity contribution >= 4 is 13.5 Å². The van der Waals surface area contributed by atoms with E-state index >= 15 is 0 Å². The summed E-state index contributed by atoms with van der Waals surface area (Å²) >= 11 is 0. The van der Waals surface area contributed by atoms with Crippen LogP contribution in [-0.2, 0) is 9.36 Å². The highest BCUT2D eigenvalue weighted by Gasteiger charge is 2.22. The lowest BCUT2D eigenvalue weighted by molar-refractivity contribution is -0.167. The zero-order chi connectivity index (χ0) is 10.6. The average molecular weight is 213 g/mol. The molecule has 0 rings (SSSR count). The molecule has 0 aromatic heterocycles. The molecule has 8 heteroatoms. The molecule has 0 bridgehead atoms. The molecule has 0 saturated carbocycles. The van der Waals surface area contributed by atoms with E-state index in [9.17, 15) is 9.36 Å². The molecule has 0 heterocycles. The molecule has 78 valence electrons. The van der Waals surface area contributed by atoms with Crippen LogP contribution >= 0.6 is 7.60 Å². The van der Waals surface area contributed by atoms with Gasteiger partial charge in [-0.15, -0.1) is 0 Å². The van der Waals surface area contributed by atoms with Crippen molar-refractivity contribution in [1.82, 2.24) is 5.06 Å². The molecule has 0 radical (unpaired) electrons. The van der Waals surface area contributed by atoms with Crippen molar-refractivity contribution in [1.29, 1.82) is 0 Å².